The van der Waals surface area contributed by atoms with Gasteiger partial charge in [0.15, 0.2) is 11.6 Å². The number of halogens is 2. The third kappa shape index (κ3) is 3.21. The summed E-state index contributed by atoms with van der Waals surface area (Å²) in [5, 5.41) is 17.8. The molecule has 1 aromatic carbocycles. The predicted octanol–water partition coefficient (Wildman–Crippen LogP) is 2.82. The summed E-state index contributed by atoms with van der Waals surface area (Å²) in [7, 11) is 0. The highest BCUT2D eigenvalue weighted by atomic mass is 19.2. The van der Waals surface area contributed by atoms with Gasteiger partial charge in [0.25, 0.3) is 0 Å². The van der Waals surface area contributed by atoms with Crippen molar-refractivity contribution in [2.75, 3.05) is 18.1 Å². The largest absolute Gasteiger partial charge is 0.395 e. The van der Waals surface area contributed by atoms with Crippen LogP contribution in [-0.2, 0) is 0 Å². The molecule has 5 heteroatoms. The normalized spacial score (nSPS) is 10.6. The maximum atomic E-state index is 14.0. The van der Waals surface area contributed by atoms with E-state index in [0.29, 0.717) is 0 Å². The molecule has 1 aromatic rings. The molecule has 19 heavy (non-hydrogen) atoms. The average Bonchev–Trinajstić information content (AvgIpc) is 2.42. The molecule has 0 bridgehead atoms. The van der Waals surface area contributed by atoms with Crippen LogP contribution in [0.15, 0.2) is 12.1 Å². The van der Waals surface area contributed by atoms with Crippen molar-refractivity contribution in [1.29, 1.82) is 5.26 Å². The topological polar surface area (TPSA) is 47.3 Å². The van der Waals surface area contributed by atoms with Crippen LogP contribution in [0.2, 0.25) is 0 Å². The zero-order chi connectivity index (χ0) is 14.4. The molecule has 0 aromatic heterocycles. The van der Waals surface area contributed by atoms with Crippen molar-refractivity contribution in [3.05, 3.63) is 29.3 Å². The van der Waals surface area contributed by atoms with Crippen molar-refractivity contribution >= 4 is 5.69 Å². The summed E-state index contributed by atoms with van der Waals surface area (Å²) in [4.78, 5) is 1.65. The summed E-state index contributed by atoms with van der Waals surface area (Å²) in [6, 6.07) is 4.29. The molecule has 0 radical (unpaired) electrons. The van der Waals surface area contributed by atoms with Gasteiger partial charge in [-0.2, -0.15) is 5.26 Å². The first kappa shape index (κ1) is 15.4. The predicted molar refractivity (Wildman–Crippen MR) is 69.9 cm³/mol. The van der Waals surface area contributed by atoms with Crippen LogP contribution in [0.5, 0.6) is 0 Å². The Bertz CT molecular complexity index is 467. The highest BCUT2D eigenvalue weighted by Gasteiger charge is 2.22. The number of nitriles is 1. The number of hydrogen-bond acceptors (Lipinski definition) is 3. The number of benzene rings is 1. The summed E-state index contributed by atoms with van der Waals surface area (Å²) in [6.07, 6.45) is 1.52. The molecule has 3 nitrogen and oxygen atoms in total. The molecule has 0 heterocycles. The number of anilines is 1. The van der Waals surface area contributed by atoms with E-state index in [9.17, 15) is 8.78 Å². The van der Waals surface area contributed by atoms with E-state index in [1.54, 1.807) is 11.0 Å². The first-order chi connectivity index (χ1) is 9.10. The fourth-order valence-corrected chi connectivity index (χ4v) is 2.18. The van der Waals surface area contributed by atoms with E-state index in [-0.39, 0.29) is 30.4 Å². The molecule has 104 valence electrons. The highest BCUT2D eigenvalue weighted by molar-refractivity contribution is 5.52. The molecule has 0 saturated heterocycles. The number of aliphatic hydroxyl groups excluding tert-OH is 1. The average molecular weight is 268 g/mol. The lowest BCUT2D eigenvalue weighted by Crippen LogP contribution is -2.37. The minimum atomic E-state index is -1.13. The van der Waals surface area contributed by atoms with E-state index in [1.165, 1.54) is 12.1 Å². The van der Waals surface area contributed by atoms with Gasteiger partial charge in [-0.15, -0.1) is 0 Å². The van der Waals surface area contributed by atoms with E-state index in [1.807, 2.05) is 13.8 Å². The van der Waals surface area contributed by atoms with Crippen LogP contribution >= 0.6 is 0 Å². The maximum Gasteiger partial charge on any atom is 0.183 e. The van der Waals surface area contributed by atoms with Crippen molar-refractivity contribution < 1.29 is 13.9 Å². The van der Waals surface area contributed by atoms with Crippen LogP contribution in [0.4, 0.5) is 14.5 Å². The van der Waals surface area contributed by atoms with E-state index >= 15 is 0 Å². The fourth-order valence-electron chi connectivity index (χ4n) is 2.18. The standard InChI is InChI=1S/C14H18F2N2O/c1-3-11(4-2)18(7-8-19)12-6-5-10(9-17)13(15)14(12)16/h5-6,11,19H,3-4,7-8H2,1-2H3. The van der Waals surface area contributed by atoms with Crippen molar-refractivity contribution in [1.82, 2.24) is 0 Å². The molecule has 0 saturated carbocycles. The van der Waals surface area contributed by atoms with E-state index in [2.05, 4.69) is 0 Å². The lowest BCUT2D eigenvalue weighted by Gasteiger charge is -2.32. The third-order valence-electron chi connectivity index (χ3n) is 3.22. The number of rotatable bonds is 6. The Hall–Kier alpha value is -1.67. The van der Waals surface area contributed by atoms with Gasteiger partial charge in [-0.1, -0.05) is 13.8 Å². The van der Waals surface area contributed by atoms with Crippen LogP contribution in [-0.4, -0.2) is 24.3 Å². The van der Waals surface area contributed by atoms with Gasteiger partial charge in [-0.05, 0) is 25.0 Å². The van der Waals surface area contributed by atoms with Crippen LogP contribution in [0.3, 0.4) is 0 Å². The first-order valence-electron chi connectivity index (χ1n) is 6.36. The minimum Gasteiger partial charge on any atom is -0.395 e. The molecule has 0 spiro atoms. The summed E-state index contributed by atoms with van der Waals surface area (Å²) < 4.78 is 27.7. The molecule has 0 fully saturated rings. The van der Waals surface area contributed by atoms with Gasteiger partial charge in [-0.25, -0.2) is 8.78 Å². The second-order valence-corrected chi connectivity index (χ2v) is 4.26. The lowest BCUT2D eigenvalue weighted by molar-refractivity contribution is 0.295. The molecule has 0 aliphatic rings. The Morgan fingerprint density at radius 3 is 2.37 bits per heavy atom. The Balaban J connectivity index is 3.24. The van der Waals surface area contributed by atoms with Gasteiger partial charge in [0.1, 0.15) is 6.07 Å². The monoisotopic (exact) mass is 268 g/mol. The van der Waals surface area contributed by atoms with Gasteiger partial charge in [0.2, 0.25) is 0 Å². The van der Waals surface area contributed by atoms with Crippen LogP contribution in [0.1, 0.15) is 32.3 Å². The van der Waals surface area contributed by atoms with Crippen LogP contribution in [0.25, 0.3) is 0 Å². The van der Waals surface area contributed by atoms with E-state index < -0.39 is 11.6 Å². The number of hydrogen-bond donors (Lipinski definition) is 1. The van der Waals surface area contributed by atoms with Gasteiger partial charge in [0.05, 0.1) is 17.9 Å². The highest BCUT2D eigenvalue weighted by Crippen LogP contribution is 2.27. The van der Waals surface area contributed by atoms with Crippen molar-refractivity contribution in [2.24, 2.45) is 0 Å². The Morgan fingerprint density at radius 2 is 1.89 bits per heavy atom. The fraction of sp³-hybridized carbons (Fsp3) is 0.500. The number of aliphatic hydroxyl groups is 1. The zero-order valence-electron chi connectivity index (χ0n) is 11.2. The smallest absolute Gasteiger partial charge is 0.183 e. The van der Waals surface area contributed by atoms with Crippen molar-refractivity contribution in [3.8, 4) is 6.07 Å². The molecule has 0 aliphatic carbocycles. The molecular weight excluding hydrogens is 250 g/mol. The summed E-state index contributed by atoms with van der Waals surface area (Å²) in [5.41, 5.74) is -0.214. The van der Waals surface area contributed by atoms with Gasteiger partial charge in [-0.3, -0.25) is 0 Å². The lowest BCUT2D eigenvalue weighted by atomic mass is 10.1. The molecule has 0 aliphatic heterocycles. The number of nitrogens with zero attached hydrogens (tertiary/aromatic N) is 2. The molecule has 0 unspecified atom stereocenters. The van der Waals surface area contributed by atoms with Crippen molar-refractivity contribution in [3.63, 3.8) is 0 Å². The minimum absolute atomic E-state index is 0.0222. The molecule has 1 N–H and O–H groups in total. The molecule has 1 rings (SSSR count). The van der Waals surface area contributed by atoms with E-state index in [4.69, 9.17) is 10.4 Å². The van der Waals surface area contributed by atoms with Gasteiger partial charge < -0.3 is 10.0 Å². The van der Waals surface area contributed by atoms with Crippen LogP contribution in [0, 0.1) is 23.0 Å². The molecule has 0 amide bonds. The summed E-state index contributed by atoms with van der Waals surface area (Å²) >= 11 is 0. The summed E-state index contributed by atoms with van der Waals surface area (Å²) in [6.45, 7) is 4.00. The maximum absolute atomic E-state index is 14.0. The quantitative estimate of drug-likeness (QED) is 0.863. The Kier molecular flexibility index (Phi) is 5.71. The summed E-state index contributed by atoms with van der Waals surface area (Å²) in [5.74, 6) is -2.16. The van der Waals surface area contributed by atoms with Crippen molar-refractivity contribution in [2.45, 2.75) is 32.7 Å². The second kappa shape index (κ2) is 7.05. The SMILES string of the molecule is CCC(CC)N(CCO)c1ccc(C#N)c(F)c1F. The Morgan fingerprint density at radius 1 is 1.26 bits per heavy atom. The van der Waals surface area contributed by atoms with Gasteiger partial charge in [0, 0.05) is 12.6 Å². The molecule has 0 atom stereocenters. The van der Waals surface area contributed by atoms with E-state index in [0.717, 1.165) is 12.8 Å². The molecular formula is C14H18F2N2O. The second-order valence-electron chi connectivity index (χ2n) is 4.26. The zero-order valence-corrected chi connectivity index (χ0v) is 11.2. The Labute approximate surface area is 112 Å². The first-order valence-corrected chi connectivity index (χ1v) is 6.36. The third-order valence-corrected chi connectivity index (χ3v) is 3.22. The van der Waals surface area contributed by atoms with Gasteiger partial charge >= 0.3 is 0 Å². The van der Waals surface area contributed by atoms with Crippen LogP contribution < -0.4 is 4.90 Å².